The number of hydrogen-bond donors (Lipinski definition) is 2. The first kappa shape index (κ1) is 28.8. The average Bonchev–Trinajstić information content (AvgIpc) is 3.10. The number of carbonyl (C=O) groups excluding carboxylic acids is 4. The Morgan fingerprint density at radius 2 is 1.89 bits per heavy atom. The van der Waals surface area contributed by atoms with Crippen LogP contribution in [0.3, 0.4) is 0 Å². The van der Waals surface area contributed by atoms with Crippen molar-refractivity contribution in [2.24, 2.45) is 10.8 Å². The Bertz CT molecular complexity index is 1080. The number of alkyl halides is 2. The van der Waals surface area contributed by atoms with Crippen molar-refractivity contribution in [3.8, 4) is 6.07 Å². The average molecular weight is 506 g/mol. The fourth-order valence-corrected chi connectivity index (χ4v) is 4.19. The van der Waals surface area contributed by atoms with Gasteiger partial charge in [-0.1, -0.05) is 27.7 Å². The molecule has 1 aromatic heterocycles. The highest BCUT2D eigenvalue weighted by atomic mass is 19.3. The van der Waals surface area contributed by atoms with Gasteiger partial charge in [0.15, 0.2) is 0 Å². The van der Waals surface area contributed by atoms with Crippen LogP contribution in [-0.4, -0.2) is 57.9 Å². The van der Waals surface area contributed by atoms with Gasteiger partial charge in [0, 0.05) is 29.0 Å². The van der Waals surface area contributed by atoms with Crippen molar-refractivity contribution >= 4 is 23.5 Å². The monoisotopic (exact) mass is 505 g/mol. The summed E-state index contributed by atoms with van der Waals surface area (Å²) in [5.74, 6) is -4.85. The Labute approximate surface area is 209 Å². The van der Waals surface area contributed by atoms with Crippen LogP contribution in [-0.2, 0) is 20.9 Å². The topological polar surface area (TPSA) is 132 Å². The second kappa shape index (κ2) is 10.7. The lowest BCUT2D eigenvalue weighted by Crippen LogP contribution is -2.48. The zero-order valence-corrected chi connectivity index (χ0v) is 21.4. The highest BCUT2D eigenvalue weighted by Crippen LogP contribution is 2.34. The van der Waals surface area contributed by atoms with Gasteiger partial charge in [-0.3, -0.25) is 24.2 Å². The smallest absolute Gasteiger partial charge is 0.268 e. The number of halogens is 2. The second-order valence-corrected chi connectivity index (χ2v) is 10.6. The molecule has 1 aliphatic heterocycles. The van der Waals surface area contributed by atoms with Crippen molar-refractivity contribution < 1.29 is 28.0 Å². The zero-order valence-electron chi connectivity index (χ0n) is 21.4. The number of amides is 3. The number of aromatic nitrogens is 1. The van der Waals surface area contributed by atoms with Gasteiger partial charge in [0.1, 0.15) is 17.9 Å². The molecule has 1 aliphatic rings. The molecule has 0 saturated carbocycles. The molecule has 2 N–H and O–H groups in total. The number of Topliss-reactive ketones (excluding diaryl/α,β-unsaturated/α-hetero) is 1. The van der Waals surface area contributed by atoms with Crippen molar-refractivity contribution in [3.05, 3.63) is 29.6 Å². The van der Waals surface area contributed by atoms with Crippen LogP contribution in [0.2, 0.25) is 0 Å². The number of nitrogens with zero attached hydrogens (tertiary/aromatic N) is 3. The van der Waals surface area contributed by atoms with Crippen LogP contribution in [0.4, 0.5) is 8.78 Å². The van der Waals surface area contributed by atoms with E-state index in [2.05, 4.69) is 15.6 Å². The minimum atomic E-state index is -3.15. The third-order valence-corrected chi connectivity index (χ3v) is 6.38. The molecule has 0 bridgehead atoms. The third-order valence-electron chi connectivity index (χ3n) is 6.38. The standard InChI is InChI=1S/C25H33F2N5O4/c1-15(21(35)32-14-25(26,27)10-19(32)11-28)31-20(34)17-7-8-29-18(9-17)12-30-22(36)24(5,6)13-23(3,4)16(2)33/h7-9,15,19H,10,12-14H2,1-6H3,(H,30,36)(H,31,34)/t15-,19+/m1/s1. The van der Waals surface area contributed by atoms with Gasteiger partial charge in [0.25, 0.3) is 11.8 Å². The number of nitrogens with one attached hydrogen (secondary N) is 2. The van der Waals surface area contributed by atoms with E-state index in [4.69, 9.17) is 5.26 Å². The van der Waals surface area contributed by atoms with Gasteiger partial charge in [0.05, 0.1) is 24.9 Å². The van der Waals surface area contributed by atoms with E-state index in [9.17, 15) is 28.0 Å². The maximum absolute atomic E-state index is 13.7. The minimum absolute atomic E-state index is 0.0157. The van der Waals surface area contributed by atoms with Crippen LogP contribution in [0.15, 0.2) is 18.3 Å². The molecule has 2 heterocycles. The van der Waals surface area contributed by atoms with Gasteiger partial charge >= 0.3 is 0 Å². The Hall–Kier alpha value is -3.42. The summed E-state index contributed by atoms with van der Waals surface area (Å²) in [4.78, 5) is 54.8. The molecule has 1 aromatic rings. The van der Waals surface area contributed by atoms with Crippen molar-refractivity contribution in [2.75, 3.05) is 6.54 Å². The summed E-state index contributed by atoms with van der Waals surface area (Å²) in [5, 5.41) is 14.3. The van der Waals surface area contributed by atoms with Crippen LogP contribution in [0.25, 0.3) is 0 Å². The van der Waals surface area contributed by atoms with Crippen LogP contribution < -0.4 is 10.6 Å². The van der Waals surface area contributed by atoms with Crippen LogP contribution in [0.1, 0.15) is 70.4 Å². The van der Waals surface area contributed by atoms with E-state index in [1.165, 1.54) is 32.2 Å². The summed E-state index contributed by atoms with van der Waals surface area (Å²) in [6.45, 7) is 9.08. The fourth-order valence-electron chi connectivity index (χ4n) is 4.19. The lowest BCUT2D eigenvalue weighted by atomic mass is 9.72. The Kier molecular flexibility index (Phi) is 8.55. The summed E-state index contributed by atoms with van der Waals surface area (Å²) in [5.41, 5.74) is -0.938. The molecule has 2 atom stereocenters. The van der Waals surface area contributed by atoms with Crippen LogP contribution in [0.5, 0.6) is 0 Å². The molecular formula is C25H33F2N5O4. The molecule has 0 aromatic carbocycles. The first-order valence-electron chi connectivity index (χ1n) is 11.6. The molecule has 9 nitrogen and oxygen atoms in total. The SMILES string of the molecule is CC(=O)C(C)(C)CC(C)(C)C(=O)NCc1cc(C(=O)N[C@H](C)C(=O)N2CC(F)(F)C[C@H]2C#N)ccn1. The van der Waals surface area contributed by atoms with Gasteiger partial charge in [-0.25, -0.2) is 8.78 Å². The number of ketones is 1. The third kappa shape index (κ3) is 7.06. The largest absolute Gasteiger partial charge is 0.350 e. The van der Waals surface area contributed by atoms with Crippen molar-refractivity contribution in [1.29, 1.82) is 5.26 Å². The molecule has 3 amide bonds. The molecule has 1 fully saturated rings. The fraction of sp³-hybridized carbons (Fsp3) is 0.600. The Morgan fingerprint density at radius 3 is 2.47 bits per heavy atom. The summed E-state index contributed by atoms with van der Waals surface area (Å²) < 4.78 is 27.3. The Balaban J connectivity index is 2.01. The molecule has 0 radical (unpaired) electrons. The van der Waals surface area contributed by atoms with Crippen LogP contribution in [0, 0.1) is 22.2 Å². The molecule has 2 rings (SSSR count). The predicted octanol–water partition coefficient (Wildman–Crippen LogP) is 2.61. The number of likely N-dealkylation sites (tertiary alicyclic amines) is 1. The number of rotatable bonds is 9. The van der Waals surface area contributed by atoms with E-state index in [0.717, 1.165) is 4.90 Å². The Morgan fingerprint density at radius 1 is 1.25 bits per heavy atom. The number of nitriles is 1. The van der Waals surface area contributed by atoms with Gasteiger partial charge in [0.2, 0.25) is 11.8 Å². The van der Waals surface area contributed by atoms with Crippen LogP contribution >= 0.6 is 0 Å². The molecule has 0 aliphatic carbocycles. The first-order chi connectivity index (χ1) is 16.5. The summed E-state index contributed by atoms with van der Waals surface area (Å²) in [6.07, 6.45) is 0.983. The van der Waals surface area contributed by atoms with Gasteiger partial charge < -0.3 is 15.5 Å². The molecule has 0 unspecified atom stereocenters. The van der Waals surface area contributed by atoms with Gasteiger partial charge in [-0.15, -0.1) is 0 Å². The molecular weight excluding hydrogens is 472 g/mol. The summed E-state index contributed by atoms with van der Waals surface area (Å²) in [7, 11) is 0. The maximum atomic E-state index is 13.7. The van der Waals surface area contributed by atoms with E-state index in [1.54, 1.807) is 33.8 Å². The van der Waals surface area contributed by atoms with E-state index >= 15 is 0 Å². The number of carbonyl (C=O) groups is 4. The van der Waals surface area contributed by atoms with Crippen molar-refractivity contribution in [1.82, 2.24) is 20.5 Å². The minimum Gasteiger partial charge on any atom is -0.350 e. The highest BCUT2D eigenvalue weighted by Gasteiger charge is 2.48. The molecule has 0 spiro atoms. The second-order valence-electron chi connectivity index (χ2n) is 10.6. The van der Waals surface area contributed by atoms with Crippen molar-refractivity contribution in [3.63, 3.8) is 0 Å². The lowest BCUT2D eigenvalue weighted by molar-refractivity contribution is -0.135. The normalized spacial score (nSPS) is 18.2. The quantitative estimate of drug-likeness (QED) is 0.530. The number of hydrogen-bond acceptors (Lipinski definition) is 6. The first-order valence-corrected chi connectivity index (χ1v) is 11.6. The van der Waals surface area contributed by atoms with E-state index in [1.807, 2.05) is 0 Å². The zero-order chi connectivity index (χ0) is 27.5. The molecule has 36 heavy (non-hydrogen) atoms. The van der Waals surface area contributed by atoms with E-state index in [0.29, 0.717) is 12.1 Å². The lowest BCUT2D eigenvalue weighted by Gasteiger charge is -2.32. The van der Waals surface area contributed by atoms with Gasteiger partial charge in [-0.05, 0) is 32.4 Å². The molecule has 196 valence electrons. The van der Waals surface area contributed by atoms with E-state index in [-0.39, 0.29) is 23.8 Å². The molecule has 1 saturated heterocycles. The predicted molar refractivity (Wildman–Crippen MR) is 127 cm³/mol. The highest BCUT2D eigenvalue weighted by molar-refractivity contribution is 5.97. The summed E-state index contributed by atoms with van der Waals surface area (Å²) in [6, 6.07) is 2.17. The molecule has 11 heteroatoms. The number of pyridine rings is 1. The summed E-state index contributed by atoms with van der Waals surface area (Å²) >= 11 is 0. The van der Waals surface area contributed by atoms with Crippen molar-refractivity contribution in [2.45, 2.75) is 78.9 Å². The van der Waals surface area contributed by atoms with E-state index < -0.39 is 53.6 Å². The maximum Gasteiger partial charge on any atom is 0.268 e. The van der Waals surface area contributed by atoms with Gasteiger partial charge in [-0.2, -0.15) is 5.26 Å².